The number of benzene rings is 3. The molecule has 0 saturated heterocycles. The lowest BCUT2D eigenvalue weighted by Gasteiger charge is -2.25. The molecule has 3 aromatic rings. The van der Waals surface area contributed by atoms with Crippen molar-refractivity contribution in [2.45, 2.75) is 11.1 Å². The number of hydrogen-bond acceptors (Lipinski definition) is 5. The highest BCUT2D eigenvalue weighted by Crippen LogP contribution is 2.34. The fraction of sp³-hybridized carbons (Fsp3) is 0.174. The Hall–Kier alpha value is -3.73. The van der Waals surface area contributed by atoms with Gasteiger partial charge in [0.15, 0.2) is 11.5 Å². The van der Waals surface area contributed by atoms with Crippen molar-refractivity contribution in [3.05, 3.63) is 78.4 Å². The van der Waals surface area contributed by atoms with Crippen LogP contribution in [0.2, 0.25) is 0 Å². The minimum Gasteiger partial charge on any atom is -0.493 e. The van der Waals surface area contributed by atoms with Gasteiger partial charge in [-0.3, -0.25) is 9.10 Å². The number of amides is 1. The van der Waals surface area contributed by atoms with Crippen LogP contribution in [0, 0.1) is 0 Å². The van der Waals surface area contributed by atoms with E-state index in [1.165, 1.54) is 44.6 Å². The molecule has 0 saturated carbocycles. The van der Waals surface area contributed by atoms with Gasteiger partial charge in [-0.15, -0.1) is 0 Å². The summed E-state index contributed by atoms with van der Waals surface area (Å²) in [6.45, 7) is -0.645. The fourth-order valence-electron chi connectivity index (χ4n) is 3.09. The molecule has 0 radical (unpaired) electrons. The van der Waals surface area contributed by atoms with Crippen molar-refractivity contribution in [1.29, 1.82) is 0 Å². The molecular formula is C23H21F3N2O5S. The van der Waals surface area contributed by atoms with Gasteiger partial charge in [-0.1, -0.05) is 18.2 Å². The van der Waals surface area contributed by atoms with Crippen LogP contribution >= 0.6 is 0 Å². The number of halogens is 3. The number of ether oxygens (including phenoxy) is 2. The Morgan fingerprint density at radius 1 is 0.912 bits per heavy atom. The molecule has 1 amide bonds. The minimum absolute atomic E-state index is 0.0490. The maximum atomic E-state index is 13.4. The van der Waals surface area contributed by atoms with Crippen molar-refractivity contribution < 1.29 is 35.9 Å². The summed E-state index contributed by atoms with van der Waals surface area (Å²) in [7, 11) is -1.38. The first-order valence-electron chi connectivity index (χ1n) is 9.83. The molecule has 3 rings (SSSR count). The van der Waals surface area contributed by atoms with Gasteiger partial charge >= 0.3 is 6.18 Å². The third kappa shape index (κ3) is 5.60. The first kappa shape index (κ1) is 24.9. The second-order valence-electron chi connectivity index (χ2n) is 6.99. The number of methoxy groups -OCH3 is 2. The summed E-state index contributed by atoms with van der Waals surface area (Å²) in [5.41, 5.74) is -0.657. The molecule has 0 aromatic heterocycles. The topological polar surface area (TPSA) is 84.9 Å². The van der Waals surface area contributed by atoms with Crippen molar-refractivity contribution >= 4 is 27.3 Å². The number of carbonyl (C=O) groups is 1. The number of sulfonamides is 1. The molecule has 0 unspecified atom stereocenters. The maximum absolute atomic E-state index is 13.4. The third-order valence-corrected chi connectivity index (χ3v) is 6.56. The second-order valence-corrected chi connectivity index (χ2v) is 8.85. The van der Waals surface area contributed by atoms with Crippen LogP contribution in [-0.2, 0) is 21.0 Å². The highest BCUT2D eigenvalue weighted by Gasteiger charge is 2.30. The first-order valence-corrected chi connectivity index (χ1v) is 11.3. The summed E-state index contributed by atoms with van der Waals surface area (Å²) in [5, 5.41) is 2.43. The van der Waals surface area contributed by atoms with E-state index in [1.54, 1.807) is 18.2 Å². The van der Waals surface area contributed by atoms with E-state index in [9.17, 15) is 26.4 Å². The summed E-state index contributed by atoms with van der Waals surface area (Å²) < 4.78 is 76.4. The van der Waals surface area contributed by atoms with Gasteiger partial charge in [0.05, 0.1) is 30.4 Å². The summed E-state index contributed by atoms with van der Waals surface area (Å²) in [6.07, 6.45) is -4.52. The summed E-state index contributed by atoms with van der Waals surface area (Å²) >= 11 is 0. The Morgan fingerprint density at radius 2 is 1.53 bits per heavy atom. The molecule has 0 aliphatic carbocycles. The smallest absolute Gasteiger partial charge is 0.416 e. The number of hydrogen-bond donors (Lipinski definition) is 1. The fourth-order valence-corrected chi connectivity index (χ4v) is 4.52. The Balaban J connectivity index is 1.94. The quantitative estimate of drug-likeness (QED) is 0.497. The SMILES string of the molecule is COc1ccc(N(CC(=O)Nc2ccc(C(F)(F)F)cc2)S(=O)(=O)c2ccccc2)cc1OC. The van der Waals surface area contributed by atoms with E-state index >= 15 is 0 Å². The van der Waals surface area contributed by atoms with E-state index in [0.717, 1.165) is 28.6 Å². The molecule has 0 aliphatic rings. The summed E-state index contributed by atoms with van der Waals surface area (Å²) in [5.74, 6) is -0.150. The predicted molar refractivity (Wildman–Crippen MR) is 121 cm³/mol. The maximum Gasteiger partial charge on any atom is 0.416 e. The monoisotopic (exact) mass is 494 g/mol. The molecule has 0 fully saturated rings. The summed E-state index contributed by atoms with van der Waals surface area (Å²) in [4.78, 5) is 12.7. The minimum atomic E-state index is -4.52. The van der Waals surface area contributed by atoms with Crippen LogP contribution in [0.25, 0.3) is 0 Å². The van der Waals surface area contributed by atoms with Crippen molar-refractivity contribution in [3.8, 4) is 11.5 Å². The van der Waals surface area contributed by atoms with Gasteiger partial charge in [-0.2, -0.15) is 13.2 Å². The van der Waals surface area contributed by atoms with Crippen molar-refractivity contribution in [2.24, 2.45) is 0 Å². The van der Waals surface area contributed by atoms with E-state index in [-0.39, 0.29) is 22.0 Å². The van der Waals surface area contributed by atoms with E-state index in [0.29, 0.717) is 5.75 Å². The van der Waals surface area contributed by atoms with E-state index in [1.807, 2.05) is 0 Å². The number of carbonyl (C=O) groups excluding carboxylic acids is 1. The number of nitrogens with zero attached hydrogens (tertiary/aromatic N) is 1. The molecule has 0 atom stereocenters. The van der Waals surface area contributed by atoms with Gasteiger partial charge in [0.25, 0.3) is 10.0 Å². The molecule has 7 nitrogen and oxygen atoms in total. The predicted octanol–water partition coefficient (Wildman–Crippen LogP) is 4.56. The largest absolute Gasteiger partial charge is 0.493 e. The molecule has 0 bridgehead atoms. The van der Waals surface area contributed by atoms with Crippen LogP contribution in [-0.4, -0.2) is 35.1 Å². The number of alkyl halides is 3. The lowest BCUT2D eigenvalue weighted by Crippen LogP contribution is -2.38. The molecule has 34 heavy (non-hydrogen) atoms. The lowest BCUT2D eigenvalue weighted by molar-refractivity contribution is -0.137. The van der Waals surface area contributed by atoms with E-state index in [4.69, 9.17) is 9.47 Å². The standard InChI is InChI=1S/C23H21F3N2O5S/c1-32-20-13-12-18(14-21(20)33-2)28(34(30,31)19-6-4-3-5-7-19)15-22(29)27-17-10-8-16(9-11-17)23(24,25)26/h3-14H,15H2,1-2H3,(H,27,29). The molecule has 0 heterocycles. The second kappa shape index (κ2) is 10.0. The van der Waals surface area contributed by atoms with Gasteiger partial charge < -0.3 is 14.8 Å². The van der Waals surface area contributed by atoms with Crippen LogP contribution in [0.15, 0.2) is 77.7 Å². The molecule has 3 aromatic carbocycles. The van der Waals surface area contributed by atoms with E-state index < -0.39 is 34.2 Å². The third-order valence-electron chi connectivity index (χ3n) is 4.77. The number of anilines is 2. The Bertz CT molecular complexity index is 1250. The average molecular weight is 494 g/mol. The molecule has 0 spiro atoms. The summed E-state index contributed by atoms with van der Waals surface area (Å²) in [6, 6.07) is 15.7. The van der Waals surface area contributed by atoms with Crippen LogP contribution in [0.3, 0.4) is 0 Å². The van der Waals surface area contributed by atoms with Gasteiger partial charge in [-0.05, 0) is 48.5 Å². The zero-order valence-electron chi connectivity index (χ0n) is 18.2. The van der Waals surface area contributed by atoms with Crippen LogP contribution < -0.4 is 19.1 Å². The Morgan fingerprint density at radius 3 is 2.09 bits per heavy atom. The molecule has 11 heteroatoms. The van der Waals surface area contributed by atoms with Crippen molar-refractivity contribution in [2.75, 3.05) is 30.4 Å². The van der Waals surface area contributed by atoms with Gasteiger partial charge in [0, 0.05) is 11.8 Å². The van der Waals surface area contributed by atoms with E-state index in [2.05, 4.69) is 5.32 Å². The van der Waals surface area contributed by atoms with Gasteiger partial charge in [0.1, 0.15) is 6.54 Å². The first-order chi connectivity index (χ1) is 16.1. The van der Waals surface area contributed by atoms with Gasteiger partial charge in [-0.25, -0.2) is 8.42 Å². The Labute approximate surface area is 194 Å². The normalized spacial score (nSPS) is 11.6. The molecule has 1 N–H and O–H groups in total. The van der Waals surface area contributed by atoms with Crippen LogP contribution in [0.4, 0.5) is 24.5 Å². The zero-order chi connectivity index (χ0) is 24.9. The van der Waals surface area contributed by atoms with Crippen molar-refractivity contribution in [1.82, 2.24) is 0 Å². The molecule has 0 aliphatic heterocycles. The highest BCUT2D eigenvalue weighted by atomic mass is 32.2. The molecule has 180 valence electrons. The number of nitrogens with one attached hydrogen (secondary N) is 1. The number of rotatable bonds is 8. The van der Waals surface area contributed by atoms with Crippen LogP contribution in [0.5, 0.6) is 11.5 Å². The zero-order valence-corrected chi connectivity index (χ0v) is 19.0. The van der Waals surface area contributed by atoms with Crippen molar-refractivity contribution in [3.63, 3.8) is 0 Å². The lowest BCUT2D eigenvalue weighted by atomic mass is 10.2. The molecular weight excluding hydrogens is 473 g/mol. The highest BCUT2D eigenvalue weighted by molar-refractivity contribution is 7.92. The van der Waals surface area contributed by atoms with Gasteiger partial charge in [0.2, 0.25) is 5.91 Å². The Kier molecular flexibility index (Phi) is 7.35. The van der Waals surface area contributed by atoms with Crippen LogP contribution in [0.1, 0.15) is 5.56 Å². The average Bonchev–Trinajstić information content (AvgIpc) is 2.82.